The van der Waals surface area contributed by atoms with Crippen LogP contribution in [-0.2, 0) is 42.7 Å². The van der Waals surface area contributed by atoms with E-state index in [1.165, 1.54) is 4.88 Å². The molecule has 1 atom stereocenters. The number of fused-ring (bicyclic) bond motifs is 3. The monoisotopic (exact) mass is 886 g/mol. The standard InChI is InChI=1S/C43H59ClN6O10S/c1-31-32(2)61-43-40(31)41(34-4-6-35(44)7-5-34)47-38(42-49-48-33(3)50(42)43)30-39(51)46-36-8-10-37(11-9-36)60-29-28-59-27-26-58-25-24-57-23-22-56-21-20-55-19-18-54-17-16-53-15-14-52-13-12-45/h4-11,38H,12-30,45H2,1-3H3,(H,46,51)/t38-/m0/s1. The predicted octanol–water partition coefficient (Wildman–Crippen LogP) is 5.30. The molecular formula is C43H59ClN6O10S. The minimum Gasteiger partial charge on any atom is -0.491 e. The largest absolute Gasteiger partial charge is 0.491 e. The Morgan fingerprint density at radius 1 is 0.689 bits per heavy atom. The van der Waals surface area contributed by atoms with Crippen molar-refractivity contribution in [3.05, 3.63) is 86.8 Å². The molecule has 61 heavy (non-hydrogen) atoms. The van der Waals surface area contributed by atoms with Crippen LogP contribution in [0.3, 0.4) is 0 Å². The van der Waals surface area contributed by atoms with Crippen LogP contribution >= 0.6 is 22.9 Å². The van der Waals surface area contributed by atoms with Crippen LogP contribution in [0.5, 0.6) is 5.75 Å². The molecule has 0 spiro atoms. The number of carbonyl (C=O) groups is 1. The van der Waals surface area contributed by atoms with E-state index in [1.807, 2.05) is 47.9 Å². The summed E-state index contributed by atoms with van der Waals surface area (Å²) in [5, 5.41) is 13.5. The van der Waals surface area contributed by atoms with Gasteiger partial charge in [0.1, 0.15) is 29.2 Å². The quantitative estimate of drug-likeness (QED) is 0.0623. The molecule has 4 aromatic rings. The lowest BCUT2D eigenvalue weighted by Gasteiger charge is -2.13. The van der Waals surface area contributed by atoms with E-state index in [1.54, 1.807) is 23.5 Å². The molecule has 0 unspecified atom stereocenters. The molecule has 334 valence electrons. The van der Waals surface area contributed by atoms with Gasteiger partial charge in [0.15, 0.2) is 5.82 Å². The van der Waals surface area contributed by atoms with Gasteiger partial charge in [-0.1, -0.05) is 23.7 Å². The summed E-state index contributed by atoms with van der Waals surface area (Å²) in [6, 6.07) is 14.3. The number of nitrogens with two attached hydrogens (primary N) is 1. The summed E-state index contributed by atoms with van der Waals surface area (Å²) < 4.78 is 51.6. The Morgan fingerprint density at radius 2 is 1.18 bits per heavy atom. The molecule has 0 aliphatic carbocycles. The van der Waals surface area contributed by atoms with Crippen molar-refractivity contribution in [1.82, 2.24) is 14.8 Å². The lowest BCUT2D eigenvalue weighted by atomic mass is 9.99. The maximum absolute atomic E-state index is 13.5. The van der Waals surface area contributed by atoms with Crippen LogP contribution in [0.1, 0.15) is 45.7 Å². The molecule has 0 fully saturated rings. The Labute approximate surface area is 366 Å². The molecule has 3 heterocycles. The normalized spacial score (nSPS) is 13.5. The van der Waals surface area contributed by atoms with Crippen LogP contribution in [0, 0.1) is 20.8 Å². The average molecular weight is 887 g/mol. The van der Waals surface area contributed by atoms with Crippen molar-refractivity contribution in [2.24, 2.45) is 10.7 Å². The second-order valence-electron chi connectivity index (χ2n) is 13.7. The first-order chi connectivity index (χ1) is 29.9. The zero-order valence-corrected chi connectivity index (χ0v) is 36.9. The number of aryl methyl sites for hydroxylation is 2. The smallest absolute Gasteiger partial charge is 0.227 e. The first-order valence-electron chi connectivity index (χ1n) is 20.6. The Bertz CT molecular complexity index is 1910. The fourth-order valence-corrected chi connectivity index (χ4v) is 7.44. The zero-order chi connectivity index (χ0) is 43.1. The third kappa shape index (κ3) is 16.1. The zero-order valence-electron chi connectivity index (χ0n) is 35.4. The van der Waals surface area contributed by atoms with Crippen molar-refractivity contribution in [2.45, 2.75) is 33.2 Å². The van der Waals surface area contributed by atoms with Gasteiger partial charge in [-0.05, 0) is 62.7 Å². The predicted molar refractivity (Wildman–Crippen MR) is 234 cm³/mol. The highest BCUT2D eigenvalue weighted by Crippen LogP contribution is 2.39. The van der Waals surface area contributed by atoms with E-state index < -0.39 is 6.04 Å². The number of aromatic nitrogens is 3. The number of hydrogen-bond acceptors (Lipinski definition) is 15. The van der Waals surface area contributed by atoms with Crippen molar-refractivity contribution in [3.63, 3.8) is 0 Å². The van der Waals surface area contributed by atoms with Gasteiger partial charge in [0.2, 0.25) is 5.91 Å². The molecule has 5 rings (SSSR count). The molecule has 2 aromatic carbocycles. The molecule has 3 N–H and O–H groups in total. The summed E-state index contributed by atoms with van der Waals surface area (Å²) in [5.74, 6) is 1.83. The third-order valence-electron chi connectivity index (χ3n) is 9.24. The Kier molecular flexibility index (Phi) is 21.5. The highest BCUT2D eigenvalue weighted by molar-refractivity contribution is 7.15. The van der Waals surface area contributed by atoms with Gasteiger partial charge < -0.3 is 53.7 Å². The van der Waals surface area contributed by atoms with E-state index >= 15 is 0 Å². The van der Waals surface area contributed by atoms with E-state index in [0.717, 1.165) is 33.2 Å². The maximum atomic E-state index is 13.5. The summed E-state index contributed by atoms with van der Waals surface area (Å²) in [4.78, 5) is 19.8. The van der Waals surface area contributed by atoms with Gasteiger partial charge in [-0.15, -0.1) is 21.5 Å². The number of rotatable bonds is 31. The second kappa shape index (κ2) is 27.3. The van der Waals surface area contributed by atoms with E-state index in [9.17, 15) is 4.79 Å². The van der Waals surface area contributed by atoms with Gasteiger partial charge in [0.25, 0.3) is 0 Å². The number of amides is 1. The van der Waals surface area contributed by atoms with Crippen LogP contribution in [0.2, 0.25) is 5.02 Å². The Morgan fingerprint density at radius 3 is 1.69 bits per heavy atom. The summed E-state index contributed by atoms with van der Waals surface area (Å²) in [6.07, 6.45) is 0.0737. The maximum Gasteiger partial charge on any atom is 0.227 e. The van der Waals surface area contributed by atoms with Crippen LogP contribution in [0.25, 0.3) is 5.00 Å². The number of nitrogens with zero attached hydrogens (tertiary/aromatic N) is 4. The number of halogens is 1. The molecule has 1 amide bonds. The lowest BCUT2D eigenvalue weighted by Crippen LogP contribution is -2.17. The van der Waals surface area contributed by atoms with Crippen molar-refractivity contribution in [3.8, 4) is 10.8 Å². The van der Waals surface area contributed by atoms with Gasteiger partial charge >= 0.3 is 0 Å². The Balaban J connectivity index is 0.890. The van der Waals surface area contributed by atoms with E-state index in [2.05, 4.69) is 29.4 Å². The molecule has 0 saturated heterocycles. The van der Waals surface area contributed by atoms with Crippen molar-refractivity contribution in [2.75, 3.05) is 124 Å². The summed E-state index contributed by atoms with van der Waals surface area (Å²) in [7, 11) is 0. The minimum absolute atomic E-state index is 0.0737. The van der Waals surface area contributed by atoms with Crippen LogP contribution in [-0.4, -0.2) is 145 Å². The fourth-order valence-electron chi connectivity index (χ4n) is 6.10. The van der Waals surface area contributed by atoms with Gasteiger partial charge in [0, 0.05) is 33.3 Å². The van der Waals surface area contributed by atoms with Crippen molar-refractivity contribution >= 4 is 40.2 Å². The molecule has 16 nitrogen and oxygen atoms in total. The number of nitrogens with one attached hydrogen (secondary N) is 1. The van der Waals surface area contributed by atoms with E-state index in [4.69, 9.17) is 65.0 Å². The van der Waals surface area contributed by atoms with Gasteiger partial charge in [-0.25, -0.2) is 0 Å². The molecule has 0 bridgehead atoms. The number of ether oxygens (including phenoxy) is 9. The molecule has 1 aliphatic heterocycles. The number of thiophene rings is 1. The number of aliphatic imine (C=N–C) groups is 1. The summed E-state index contributed by atoms with van der Waals surface area (Å²) >= 11 is 7.91. The van der Waals surface area contributed by atoms with Crippen molar-refractivity contribution < 1.29 is 47.4 Å². The molecule has 2 aromatic heterocycles. The number of carbonyl (C=O) groups excluding carboxylic acids is 1. The number of anilines is 1. The average Bonchev–Trinajstić information content (AvgIpc) is 3.74. The number of hydrogen-bond donors (Lipinski definition) is 2. The summed E-state index contributed by atoms with van der Waals surface area (Å²) in [6.45, 7) is 14.9. The van der Waals surface area contributed by atoms with Crippen molar-refractivity contribution in [1.29, 1.82) is 0 Å². The molecular weight excluding hydrogens is 828 g/mol. The topological polar surface area (TPSA) is 181 Å². The first-order valence-corrected chi connectivity index (χ1v) is 21.8. The molecule has 1 aliphatic rings. The Hall–Kier alpha value is -3.85. The van der Waals surface area contributed by atoms with Gasteiger partial charge in [-0.2, -0.15) is 0 Å². The molecule has 0 radical (unpaired) electrons. The highest BCUT2D eigenvalue weighted by atomic mass is 35.5. The molecule has 18 heteroatoms. The third-order valence-corrected chi connectivity index (χ3v) is 10.7. The number of benzene rings is 2. The lowest BCUT2D eigenvalue weighted by molar-refractivity contribution is -0.116. The SMILES string of the molecule is Cc1sc2c(c1C)C(c1ccc(Cl)cc1)=N[C@@H](CC(=O)Nc1ccc(OCCOCCOCCOCCOCCOCCOCCOCCOCCN)cc1)c1nnc(C)n1-2. The fraction of sp³-hybridized carbons (Fsp3) is 0.535. The van der Waals surface area contributed by atoms with Crippen LogP contribution < -0.4 is 15.8 Å². The second-order valence-corrected chi connectivity index (χ2v) is 15.4. The minimum atomic E-state index is -0.566. The van der Waals surface area contributed by atoms with Gasteiger partial charge in [0.05, 0.1) is 118 Å². The van der Waals surface area contributed by atoms with E-state index in [-0.39, 0.29) is 12.3 Å². The molecule has 0 saturated carbocycles. The highest BCUT2D eigenvalue weighted by Gasteiger charge is 2.32. The first kappa shape index (κ1) is 48.2. The van der Waals surface area contributed by atoms with Gasteiger partial charge in [-0.3, -0.25) is 14.4 Å². The van der Waals surface area contributed by atoms with Crippen LogP contribution in [0.15, 0.2) is 53.5 Å². The van der Waals surface area contributed by atoms with E-state index in [0.29, 0.717) is 141 Å². The van der Waals surface area contributed by atoms with Crippen LogP contribution in [0.4, 0.5) is 5.69 Å². The summed E-state index contributed by atoms with van der Waals surface area (Å²) in [5.41, 5.74) is 9.86.